The number of likely N-dealkylation sites (N-methyl/N-ethyl adjacent to an activating group) is 1. The first-order valence-corrected chi connectivity index (χ1v) is 5.24. The number of aryl methyl sites for hydroxylation is 1. The zero-order chi connectivity index (χ0) is 11.1. The molecule has 2 N–H and O–H groups in total. The Morgan fingerprint density at radius 1 is 1.40 bits per heavy atom. The third-order valence-corrected chi connectivity index (χ3v) is 2.42. The van der Waals surface area contributed by atoms with Crippen molar-refractivity contribution in [2.24, 2.45) is 0 Å². The quantitative estimate of drug-likeness (QED) is 0.743. The number of aliphatic hydroxyl groups excluding tert-OH is 1. The molecule has 0 radical (unpaired) electrons. The van der Waals surface area contributed by atoms with Crippen molar-refractivity contribution in [3.05, 3.63) is 29.8 Å². The predicted octanol–water partition coefficient (Wildman–Crippen LogP) is 1.34. The molecule has 1 atom stereocenters. The smallest absolute Gasteiger partial charge is 0.122 e. The molecule has 0 heterocycles. The van der Waals surface area contributed by atoms with E-state index < -0.39 is 0 Å². The molecule has 0 bridgehead atoms. The predicted molar refractivity (Wildman–Crippen MR) is 61.2 cm³/mol. The van der Waals surface area contributed by atoms with Gasteiger partial charge >= 0.3 is 0 Å². The summed E-state index contributed by atoms with van der Waals surface area (Å²) in [5, 5.41) is 11.9. The van der Waals surface area contributed by atoms with Crippen molar-refractivity contribution in [1.29, 1.82) is 0 Å². The van der Waals surface area contributed by atoms with E-state index in [2.05, 4.69) is 5.32 Å². The van der Waals surface area contributed by atoms with Crippen LogP contribution in [0.25, 0.3) is 0 Å². The molecule has 0 aromatic heterocycles. The molecule has 1 rings (SSSR count). The molecule has 0 saturated heterocycles. The van der Waals surface area contributed by atoms with Gasteiger partial charge in [-0.2, -0.15) is 0 Å². The summed E-state index contributed by atoms with van der Waals surface area (Å²) in [5.41, 5.74) is 1.14. The minimum atomic E-state index is 0.183. The molecule has 3 nitrogen and oxygen atoms in total. The van der Waals surface area contributed by atoms with E-state index >= 15 is 0 Å². The molecular weight excluding hydrogens is 190 g/mol. The van der Waals surface area contributed by atoms with Crippen molar-refractivity contribution in [3.63, 3.8) is 0 Å². The number of benzene rings is 1. The molecule has 0 amide bonds. The van der Waals surface area contributed by atoms with Gasteiger partial charge in [0.25, 0.3) is 0 Å². The zero-order valence-electron chi connectivity index (χ0n) is 9.36. The van der Waals surface area contributed by atoms with E-state index in [9.17, 15) is 0 Å². The maximum absolute atomic E-state index is 8.82. The Hall–Kier alpha value is -1.06. The molecule has 0 aliphatic rings. The lowest BCUT2D eigenvalue weighted by atomic mass is 10.2. The Balaban J connectivity index is 2.45. The normalized spacial score (nSPS) is 12.5. The van der Waals surface area contributed by atoms with Gasteiger partial charge in [0, 0.05) is 12.6 Å². The molecular formula is C12H19NO2. The fraction of sp³-hybridized carbons (Fsp3) is 0.500. The highest BCUT2D eigenvalue weighted by Crippen LogP contribution is 2.16. The number of para-hydroxylation sites is 1. The standard InChI is InChI=1S/C12H19NO2/c1-10-5-3-4-6-12(10)15-9-11(13-2)7-8-14/h3-6,11,13-14H,7-9H2,1-2H3. The van der Waals surface area contributed by atoms with E-state index in [1.807, 2.05) is 38.2 Å². The molecule has 0 aliphatic carbocycles. The SMILES string of the molecule is CNC(CCO)COc1ccccc1C. The molecule has 0 saturated carbocycles. The first-order valence-electron chi connectivity index (χ1n) is 5.24. The highest BCUT2D eigenvalue weighted by molar-refractivity contribution is 5.31. The molecule has 0 spiro atoms. The zero-order valence-corrected chi connectivity index (χ0v) is 9.36. The van der Waals surface area contributed by atoms with Crippen LogP contribution in [0, 0.1) is 6.92 Å². The van der Waals surface area contributed by atoms with Gasteiger partial charge in [-0.3, -0.25) is 0 Å². The van der Waals surface area contributed by atoms with Crippen LogP contribution in [-0.2, 0) is 0 Å². The largest absolute Gasteiger partial charge is 0.492 e. The summed E-state index contributed by atoms with van der Waals surface area (Å²) < 4.78 is 5.67. The second-order valence-corrected chi connectivity index (χ2v) is 3.57. The van der Waals surface area contributed by atoms with Gasteiger partial charge < -0.3 is 15.2 Å². The van der Waals surface area contributed by atoms with Gasteiger partial charge in [0.1, 0.15) is 12.4 Å². The third-order valence-electron chi connectivity index (χ3n) is 2.42. The Bertz CT molecular complexity index is 289. The van der Waals surface area contributed by atoms with E-state index in [1.165, 1.54) is 0 Å². The number of hydrogen-bond acceptors (Lipinski definition) is 3. The van der Waals surface area contributed by atoms with Crippen LogP contribution in [0.4, 0.5) is 0 Å². The van der Waals surface area contributed by atoms with Gasteiger partial charge in [0.15, 0.2) is 0 Å². The molecule has 1 unspecified atom stereocenters. The molecule has 0 fully saturated rings. The van der Waals surface area contributed by atoms with Crippen molar-refractivity contribution in [1.82, 2.24) is 5.32 Å². The number of ether oxygens (including phenoxy) is 1. The Labute approximate surface area is 91.1 Å². The molecule has 1 aromatic carbocycles. The van der Waals surface area contributed by atoms with Crippen LogP contribution in [0.1, 0.15) is 12.0 Å². The third kappa shape index (κ3) is 3.90. The summed E-state index contributed by atoms with van der Waals surface area (Å²) in [5.74, 6) is 0.913. The first kappa shape index (κ1) is 12.0. The van der Waals surface area contributed by atoms with Gasteiger partial charge in [-0.25, -0.2) is 0 Å². The maximum atomic E-state index is 8.82. The lowest BCUT2D eigenvalue weighted by Gasteiger charge is -2.16. The summed E-state index contributed by atoms with van der Waals surface area (Å²) in [7, 11) is 1.88. The van der Waals surface area contributed by atoms with Crippen molar-refractivity contribution in [3.8, 4) is 5.75 Å². The monoisotopic (exact) mass is 209 g/mol. The topological polar surface area (TPSA) is 41.5 Å². The van der Waals surface area contributed by atoms with Crippen molar-refractivity contribution < 1.29 is 9.84 Å². The van der Waals surface area contributed by atoms with Gasteiger partial charge in [-0.05, 0) is 32.0 Å². The fourth-order valence-corrected chi connectivity index (χ4v) is 1.38. The van der Waals surface area contributed by atoms with Gasteiger partial charge in [0.05, 0.1) is 0 Å². The van der Waals surface area contributed by atoms with Gasteiger partial charge in [0.2, 0.25) is 0 Å². The summed E-state index contributed by atoms with van der Waals surface area (Å²) >= 11 is 0. The van der Waals surface area contributed by atoms with E-state index in [0.717, 1.165) is 11.3 Å². The minimum Gasteiger partial charge on any atom is -0.492 e. The van der Waals surface area contributed by atoms with Crippen LogP contribution in [0.15, 0.2) is 24.3 Å². The molecule has 3 heteroatoms. The molecule has 1 aromatic rings. The summed E-state index contributed by atoms with van der Waals surface area (Å²) in [6.07, 6.45) is 0.711. The average Bonchev–Trinajstić information content (AvgIpc) is 2.26. The van der Waals surface area contributed by atoms with Crippen LogP contribution in [0.2, 0.25) is 0 Å². The average molecular weight is 209 g/mol. The van der Waals surface area contributed by atoms with Gasteiger partial charge in [-0.1, -0.05) is 18.2 Å². The van der Waals surface area contributed by atoms with Crippen molar-refractivity contribution in [2.45, 2.75) is 19.4 Å². The Kier molecular flexibility index (Phi) is 5.15. The number of hydrogen-bond donors (Lipinski definition) is 2. The number of aliphatic hydroxyl groups is 1. The fourth-order valence-electron chi connectivity index (χ4n) is 1.38. The maximum Gasteiger partial charge on any atom is 0.122 e. The molecule has 0 aliphatic heterocycles. The van der Waals surface area contributed by atoms with E-state index in [0.29, 0.717) is 13.0 Å². The van der Waals surface area contributed by atoms with Crippen molar-refractivity contribution in [2.75, 3.05) is 20.3 Å². The van der Waals surface area contributed by atoms with Crippen molar-refractivity contribution >= 4 is 0 Å². The number of rotatable bonds is 6. The summed E-state index contributed by atoms with van der Waals surface area (Å²) in [4.78, 5) is 0. The van der Waals surface area contributed by atoms with Crippen LogP contribution in [0.3, 0.4) is 0 Å². The highest BCUT2D eigenvalue weighted by atomic mass is 16.5. The first-order chi connectivity index (χ1) is 7.27. The Morgan fingerprint density at radius 2 is 2.13 bits per heavy atom. The van der Waals surface area contributed by atoms with Crippen LogP contribution in [-0.4, -0.2) is 31.4 Å². The second kappa shape index (κ2) is 6.43. The minimum absolute atomic E-state index is 0.183. The number of nitrogens with one attached hydrogen (secondary N) is 1. The lowest BCUT2D eigenvalue weighted by Crippen LogP contribution is -2.32. The van der Waals surface area contributed by atoms with E-state index in [4.69, 9.17) is 9.84 Å². The highest BCUT2D eigenvalue weighted by Gasteiger charge is 2.06. The van der Waals surface area contributed by atoms with E-state index in [-0.39, 0.29) is 12.6 Å². The van der Waals surface area contributed by atoms with Gasteiger partial charge in [-0.15, -0.1) is 0 Å². The van der Waals surface area contributed by atoms with Crippen LogP contribution >= 0.6 is 0 Å². The van der Waals surface area contributed by atoms with Crippen LogP contribution in [0.5, 0.6) is 5.75 Å². The second-order valence-electron chi connectivity index (χ2n) is 3.57. The van der Waals surface area contributed by atoms with Crippen LogP contribution < -0.4 is 10.1 Å². The molecule has 84 valence electrons. The van der Waals surface area contributed by atoms with E-state index in [1.54, 1.807) is 0 Å². The lowest BCUT2D eigenvalue weighted by molar-refractivity contribution is 0.218. The molecule has 15 heavy (non-hydrogen) atoms. The Morgan fingerprint density at radius 3 is 2.73 bits per heavy atom. The summed E-state index contributed by atoms with van der Waals surface area (Å²) in [6.45, 7) is 2.79. The summed E-state index contributed by atoms with van der Waals surface area (Å²) in [6, 6.07) is 8.14.